The number of carbonyl (C=O) groups excluding carboxylic acids is 3. The van der Waals surface area contributed by atoms with Crippen LogP contribution in [0.2, 0.25) is 0 Å². The number of aromatic nitrogens is 2. The van der Waals surface area contributed by atoms with E-state index in [1.165, 1.54) is 23.1 Å². The number of rotatable bonds is 6. The van der Waals surface area contributed by atoms with Gasteiger partial charge in [0.2, 0.25) is 0 Å². The van der Waals surface area contributed by atoms with Crippen molar-refractivity contribution in [2.24, 2.45) is 11.1 Å². The Hall–Kier alpha value is -3.57. The Kier molecular flexibility index (Phi) is 7.68. The largest absolute Gasteiger partial charge is 0.446 e. The number of nitrogens with zero attached hydrogens (tertiary/aromatic N) is 3. The predicted octanol–water partition coefficient (Wildman–Crippen LogP) is 4.77. The van der Waals surface area contributed by atoms with Crippen LogP contribution in [0.3, 0.4) is 0 Å². The third-order valence-corrected chi connectivity index (χ3v) is 7.28. The molecule has 2 amide bonds. The molecule has 0 bridgehead atoms. The lowest BCUT2D eigenvalue weighted by Gasteiger charge is -2.31. The molecule has 1 heterocycles. The summed E-state index contributed by atoms with van der Waals surface area (Å²) in [5.41, 5.74) is 4.46. The SMILES string of the molecule is [CH2]CN(C)C(=O)O[C@H]1CC[C@H](Nc2cc(-n3nc(C(F)(F)F)c4c3CC(C)(C)CC4=O)ccc2C(N)=O)CC1. The monoisotopic (exact) mass is 548 g/mol. The number of ether oxygens (including phenoxy) is 1. The number of halogens is 3. The van der Waals surface area contributed by atoms with Crippen LogP contribution in [0, 0.1) is 12.3 Å². The van der Waals surface area contributed by atoms with E-state index in [0.29, 0.717) is 31.4 Å². The zero-order valence-electron chi connectivity index (χ0n) is 22.2. The second-order valence-corrected chi connectivity index (χ2v) is 11.0. The van der Waals surface area contributed by atoms with E-state index < -0.39 is 40.6 Å². The van der Waals surface area contributed by atoms with E-state index in [1.807, 2.05) is 13.8 Å². The molecule has 0 unspecified atom stereocenters. The highest BCUT2D eigenvalue weighted by Gasteiger charge is 2.45. The molecule has 39 heavy (non-hydrogen) atoms. The van der Waals surface area contributed by atoms with E-state index in [1.54, 1.807) is 7.05 Å². The van der Waals surface area contributed by atoms with Crippen molar-refractivity contribution in [2.45, 2.75) is 70.7 Å². The summed E-state index contributed by atoms with van der Waals surface area (Å²) in [6.07, 6.45) is -2.81. The fourth-order valence-corrected chi connectivity index (χ4v) is 5.23. The zero-order valence-corrected chi connectivity index (χ0v) is 22.2. The Morgan fingerprint density at radius 2 is 1.90 bits per heavy atom. The van der Waals surface area contributed by atoms with Gasteiger partial charge in [-0.1, -0.05) is 13.8 Å². The molecule has 211 valence electrons. The number of nitrogens with one attached hydrogen (secondary N) is 1. The average molecular weight is 549 g/mol. The van der Waals surface area contributed by atoms with E-state index in [2.05, 4.69) is 17.3 Å². The number of primary amides is 1. The summed E-state index contributed by atoms with van der Waals surface area (Å²) in [6.45, 7) is 7.60. The molecule has 12 heteroatoms. The van der Waals surface area contributed by atoms with Gasteiger partial charge in [0.1, 0.15) is 6.10 Å². The van der Waals surface area contributed by atoms with Crippen molar-refractivity contribution in [3.63, 3.8) is 0 Å². The summed E-state index contributed by atoms with van der Waals surface area (Å²) >= 11 is 0. The fourth-order valence-electron chi connectivity index (χ4n) is 5.23. The highest BCUT2D eigenvalue weighted by molar-refractivity contribution is 6.00. The van der Waals surface area contributed by atoms with Crippen LogP contribution in [-0.2, 0) is 17.3 Å². The number of Topliss-reactive ketones (excluding diaryl/α,β-unsaturated/α-hetero) is 1. The molecule has 0 saturated heterocycles. The Labute approximate surface area is 224 Å². The first kappa shape index (κ1) is 28.4. The Morgan fingerprint density at radius 1 is 1.23 bits per heavy atom. The first-order chi connectivity index (χ1) is 18.2. The van der Waals surface area contributed by atoms with Crippen molar-refractivity contribution >= 4 is 23.5 Å². The Bertz CT molecular complexity index is 1280. The molecule has 2 aliphatic carbocycles. The normalized spacial score (nSPS) is 20.7. The number of alkyl halides is 3. The van der Waals surface area contributed by atoms with Crippen LogP contribution in [0.15, 0.2) is 18.2 Å². The van der Waals surface area contributed by atoms with Crippen molar-refractivity contribution in [1.82, 2.24) is 14.7 Å². The zero-order chi connectivity index (χ0) is 28.7. The number of anilines is 1. The lowest BCUT2D eigenvalue weighted by Crippen LogP contribution is -2.35. The van der Waals surface area contributed by atoms with Crippen LogP contribution < -0.4 is 11.1 Å². The smallest absolute Gasteiger partial charge is 0.435 e. The third kappa shape index (κ3) is 6.04. The molecule has 0 spiro atoms. The van der Waals surface area contributed by atoms with Gasteiger partial charge in [-0.25, -0.2) is 9.48 Å². The van der Waals surface area contributed by atoms with Crippen LogP contribution >= 0.6 is 0 Å². The van der Waals surface area contributed by atoms with Gasteiger partial charge in [-0.3, -0.25) is 9.59 Å². The number of fused-ring (bicyclic) bond motifs is 1. The van der Waals surface area contributed by atoms with Crippen LogP contribution in [0.1, 0.15) is 78.1 Å². The molecular formula is C27H33F3N5O4. The highest BCUT2D eigenvalue weighted by atomic mass is 19.4. The van der Waals surface area contributed by atoms with E-state index in [9.17, 15) is 27.6 Å². The molecule has 1 fully saturated rings. The number of hydrogen-bond donors (Lipinski definition) is 2. The number of nitrogens with two attached hydrogens (primary N) is 1. The summed E-state index contributed by atoms with van der Waals surface area (Å²) in [5, 5.41) is 7.14. The van der Waals surface area contributed by atoms with Crippen LogP contribution in [0.25, 0.3) is 5.69 Å². The quantitative estimate of drug-likeness (QED) is 0.537. The summed E-state index contributed by atoms with van der Waals surface area (Å²) in [6, 6.07) is 4.37. The number of hydrogen-bond acceptors (Lipinski definition) is 6. The third-order valence-electron chi connectivity index (χ3n) is 7.28. The minimum Gasteiger partial charge on any atom is -0.446 e. The van der Waals surface area contributed by atoms with Crippen molar-refractivity contribution < 1.29 is 32.3 Å². The number of amides is 2. The molecule has 2 aliphatic rings. The van der Waals surface area contributed by atoms with Gasteiger partial charge in [-0.2, -0.15) is 18.3 Å². The maximum atomic E-state index is 13.9. The molecule has 1 radical (unpaired) electrons. The second kappa shape index (κ2) is 10.5. The van der Waals surface area contributed by atoms with E-state index in [-0.39, 0.29) is 48.5 Å². The molecule has 9 nitrogen and oxygen atoms in total. The summed E-state index contributed by atoms with van der Waals surface area (Å²) in [4.78, 5) is 38.3. The number of ketones is 1. The van der Waals surface area contributed by atoms with Crippen molar-refractivity contribution in [2.75, 3.05) is 18.9 Å². The first-order valence-electron chi connectivity index (χ1n) is 12.8. The van der Waals surface area contributed by atoms with Crippen molar-refractivity contribution in [3.8, 4) is 5.69 Å². The van der Waals surface area contributed by atoms with Gasteiger partial charge >= 0.3 is 12.3 Å². The van der Waals surface area contributed by atoms with Gasteiger partial charge in [0.25, 0.3) is 5.91 Å². The van der Waals surface area contributed by atoms with Crippen LogP contribution in [0.4, 0.5) is 23.7 Å². The fraction of sp³-hybridized carbons (Fsp3) is 0.519. The van der Waals surface area contributed by atoms with Crippen molar-refractivity contribution in [3.05, 3.63) is 47.6 Å². The molecule has 0 aliphatic heterocycles. The van der Waals surface area contributed by atoms with Crippen molar-refractivity contribution in [1.29, 1.82) is 0 Å². The maximum Gasteiger partial charge on any atom is 0.435 e. The predicted molar refractivity (Wildman–Crippen MR) is 138 cm³/mol. The molecule has 3 N–H and O–H groups in total. The molecular weight excluding hydrogens is 515 g/mol. The molecule has 1 aromatic carbocycles. The molecule has 1 saturated carbocycles. The Morgan fingerprint density at radius 3 is 2.49 bits per heavy atom. The maximum absolute atomic E-state index is 13.9. The lowest BCUT2D eigenvalue weighted by molar-refractivity contribution is -0.141. The topological polar surface area (TPSA) is 120 Å². The number of carbonyl (C=O) groups is 3. The first-order valence-corrected chi connectivity index (χ1v) is 12.8. The van der Waals surface area contributed by atoms with Gasteiger partial charge in [0.15, 0.2) is 11.5 Å². The Balaban J connectivity index is 1.62. The van der Waals surface area contributed by atoms with Gasteiger partial charge in [-0.05, 0) is 62.6 Å². The highest BCUT2D eigenvalue weighted by Crippen LogP contribution is 2.42. The average Bonchev–Trinajstić information content (AvgIpc) is 3.23. The van der Waals surface area contributed by atoms with Gasteiger partial charge in [0.05, 0.1) is 22.5 Å². The van der Waals surface area contributed by atoms with Gasteiger partial charge in [-0.15, -0.1) is 0 Å². The summed E-state index contributed by atoms with van der Waals surface area (Å²) in [5.74, 6) is -1.29. The summed E-state index contributed by atoms with van der Waals surface area (Å²) in [7, 11) is 1.60. The molecule has 4 rings (SSSR count). The second-order valence-electron chi connectivity index (χ2n) is 11.0. The molecule has 0 atom stereocenters. The van der Waals surface area contributed by atoms with E-state index in [0.717, 1.165) is 4.68 Å². The van der Waals surface area contributed by atoms with E-state index in [4.69, 9.17) is 10.5 Å². The van der Waals surface area contributed by atoms with Gasteiger partial charge in [0, 0.05) is 31.7 Å². The van der Waals surface area contributed by atoms with Crippen LogP contribution in [0.5, 0.6) is 0 Å². The standard InChI is InChI=1S/C27H33F3N5O4/c1-5-34(4)25(38)39-17-9-6-15(7-10-17)32-19-12-16(8-11-18(19)24(31)37)35-20-13-26(2,3)14-21(36)22(20)23(33-35)27(28,29)30/h8,11-12,15,17,32H,1,5-7,9-10,13-14H2,2-4H3,(H2,31,37)/t15-,17-. The molecule has 2 aromatic rings. The van der Waals surface area contributed by atoms with E-state index >= 15 is 0 Å². The minimum atomic E-state index is -4.80. The summed E-state index contributed by atoms with van der Waals surface area (Å²) < 4.78 is 48.3. The van der Waals surface area contributed by atoms with Gasteiger partial charge < -0.3 is 20.7 Å². The molecule has 1 aromatic heterocycles. The van der Waals surface area contributed by atoms with Crippen LogP contribution in [-0.4, -0.2) is 58.2 Å². The number of benzene rings is 1. The minimum absolute atomic E-state index is 0.00814. The lowest BCUT2D eigenvalue weighted by atomic mass is 9.75.